The van der Waals surface area contributed by atoms with Crippen LogP contribution in [0.25, 0.3) is 10.9 Å². The van der Waals surface area contributed by atoms with Gasteiger partial charge in [0.1, 0.15) is 5.75 Å². The monoisotopic (exact) mass is 517 g/mol. The Hall–Kier alpha value is -3.07. The van der Waals surface area contributed by atoms with Gasteiger partial charge in [0.2, 0.25) is 0 Å². The van der Waals surface area contributed by atoms with Crippen molar-refractivity contribution in [2.75, 3.05) is 26.7 Å². The molecule has 200 valence electrons. The van der Waals surface area contributed by atoms with Crippen LogP contribution in [-0.4, -0.2) is 53.2 Å². The normalized spacial score (nSPS) is 16.3. The summed E-state index contributed by atoms with van der Waals surface area (Å²) in [5.41, 5.74) is 3.31. The molecule has 1 N–H and O–H groups in total. The van der Waals surface area contributed by atoms with Gasteiger partial charge in [-0.15, -0.1) is 0 Å². The van der Waals surface area contributed by atoms with Crippen molar-refractivity contribution in [3.05, 3.63) is 63.2 Å². The molecule has 0 saturated carbocycles. The Morgan fingerprint density at radius 3 is 2.51 bits per heavy atom. The highest BCUT2D eigenvalue weighted by Crippen LogP contribution is 2.36. The summed E-state index contributed by atoms with van der Waals surface area (Å²) in [6.45, 7) is 5.75. The molecular weight excluding hydrogens is 483 g/mol. The van der Waals surface area contributed by atoms with E-state index in [1.165, 1.54) is 12.0 Å². The number of aromatic nitrogens is 2. The predicted octanol–water partition coefficient (Wildman–Crippen LogP) is 5.61. The molecule has 6 nitrogen and oxygen atoms in total. The topological polar surface area (TPSA) is 67.3 Å². The highest BCUT2D eigenvalue weighted by molar-refractivity contribution is 6.09. The van der Waals surface area contributed by atoms with Crippen LogP contribution < -0.4 is 10.3 Å². The molecule has 1 aromatic carbocycles. The van der Waals surface area contributed by atoms with Crippen LogP contribution in [-0.2, 0) is 6.42 Å². The lowest BCUT2D eigenvalue weighted by Gasteiger charge is -2.36. The van der Waals surface area contributed by atoms with E-state index >= 15 is 0 Å². The number of methoxy groups -OCH3 is 1. The minimum absolute atomic E-state index is 0.0273. The summed E-state index contributed by atoms with van der Waals surface area (Å²) in [6.07, 6.45) is -2.44. The molecule has 0 amide bonds. The van der Waals surface area contributed by atoms with E-state index in [1.807, 2.05) is 31.2 Å². The number of Topliss-reactive ketones (excluding diaryl/α,β-unsaturated/α-hetero) is 1. The first-order valence-electron chi connectivity index (χ1n) is 12.7. The zero-order valence-corrected chi connectivity index (χ0v) is 21.7. The average molecular weight is 518 g/mol. The molecule has 1 aliphatic heterocycles. The number of likely N-dealkylation sites (tertiary alicyclic amines) is 1. The molecular formula is C28H34F3N3O3. The number of hydrogen-bond donors (Lipinski definition) is 1. The van der Waals surface area contributed by atoms with E-state index in [2.05, 4.69) is 16.5 Å². The van der Waals surface area contributed by atoms with Crippen LogP contribution in [0.2, 0.25) is 0 Å². The maximum absolute atomic E-state index is 13.5. The van der Waals surface area contributed by atoms with Crippen molar-refractivity contribution in [1.29, 1.82) is 0 Å². The van der Waals surface area contributed by atoms with Crippen LogP contribution in [0.3, 0.4) is 0 Å². The molecule has 0 aliphatic carbocycles. The maximum Gasteiger partial charge on any atom is 0.401 e. The quantitative estimate of drug-likeness (QED) is 0.395. The van der Waals surface area contributed by atoms with Gasteiger partial charge in [-0.05, 0) is 71.2 Å². The van der Waals surface area contributed by atoms with Gasteiger partial charge in [-0.25, -0.2) is 0 Å². The van der Waals surface area contributed by atoms with Crippen LogP contribution in [0.15, 0.2) is 35.1 Å². The number of H-pyrrole nitrogens is 1. The molecule has 9 heteroatoms. The molecule has 0 unspecified atom stereocenters. The number of pyridine rings is 1. The van der Waals surface area contributed by atoms with Gasteiger partial charge in [-0.3, -0.25) is 14.5 Å². The molecule has 1 aliphatic rings. The predicted molar refractivity (Wildman–Crippen MR) is 138 cm³/mol. The third kappa shape index (κ3) is 5.76. The number of aromatic amines is 1. The second-order valence-electron chi connectivity index (χ2n) is 10.1. The number of aryl methyl sites for hydroxylation is 1. The number of carbonyl (C=O) groups excluding carboxylic acids is 1. The van der Waals surface area contributed by atoms with Crippen molar-refractivity contribution in [2.24, 2.45) is 5.92 Å². The third-order valence-electron chi connectivity index (χ3n) is 7.61. The minimum atomic E-state index is -4.19. The Bertz CT molecular complexity index is 1330. The van der Waals surface area contributed by atoms with Gasteiger partial charge in [0.25, 0.3) is 5.56 Å². The average Bonchev–Trinajstić information content (AvgIpc) is 3.13. The number of carbonyl (C=O) groups is 1. The van der Waals surface area contributed by atoms with Crippen LogP contribution in [0.1, 0.15) is 59.5 Å². The third-order valence-corrected chi connectivity index (χ3v) is 7.61. The van der Waals surface area contributed by atoms with Crippen molar-refractivity contribution in [3.63, 3.8) is 0 Å². The fraction of sp³-hybridized carbons (Fsp3) is 0.500. The molecule has 0 radical (unpaired) electrons. The zero-order valence-electron chi connectivity index (χ0n) is 21.7. The Morgan fingerprint density at radius 2 is 1.86 bits per heavy atom. The molecule has 1 fully saturated rings. The molecule has 3 heterocycles. The van der Waals surface area contributed by atoms with Gasteiger partial charge in [-0.1, -0.05) is 18.2 Å². The number of nitrogens with one attached hydrogen (secondary N) is 1. The fourth-order valence-corrected chi connectivity index (χ4v) is 5.79. The van der Waals surface area contributed by atoms with Crippen molar-refractivity contribution >= 4 is 16.7 Å². The van der Waals surface area contributed by atoms with Crippen molar-refractivity contribution < 1.29 is 22.7 Å². The molecule has 1 atom stereocenters. The standard InChI is InChI=1S/C28H34F3N3O3/c1-17-15-25(37-4)22(27(36)32-17)9-10-24(35)26-19(3)34(23-8-6-5-7-21(23)26)18(2)20-11-13-33(14-12-20)16-28(29,30)31/h5-8,15,18,20H,9-14,16H2,1-4H3,(H,32,36)/t18-/m1/s1. The van der Waals surface area contributed by atoms with Gasteiger partial charge in [0.05, 0.1) is 19.2 Å². The number of para-hydroxylation sites is 1. The van der Waals surface area contributed by atoms with E-state index in [-0.39, 0.29) is 36.1 Å². The van der Waals surface area contributed by atoms with Crippen LogP contribution in [0, 0.1) is 19.8 Å². The highest BCUT2D eigenvalue weighted by Gasteiger charge is 2.34. The van der Waals surface area contributed by atoms with E-state index in [0.717, 1.165) is 16.6 Å². The lowest BCUT2D eigenvalue weighted by molar-refractivity contribution is -0.149. The number of ether oxygens (including phenoxy) is 1. The molecule has 1 saturated heterocycles. The molecule has 0 bridgehead atoms. The van der Waals surface area contributed by atoms with Crippen molar-refractivity contribution in [3.8, 4) is 5.75 Å². The van der Waals surface area contributed by atoms with E-state index < -0.39 is 12.7 Å². The number of alkyl halides is 3. The molecule has 2 aromatic heterocycles. The van der Waals surface area contributed by atoms with Gasteiger partial charge in [-0.2, -0.15) is 13.2 Å². The second kappa shape index (κ2) is 10.7. The van der Waals surface area contributed by atoms with Crippen molar-refractivity contribution in [2.45, 2.75) is 58.7 Å². The van der Waals surface area contributed by atoms with Crippen LogP contribution in [0.5, 0.6) is 5.75 Å². The summed E-state index contributed by atoms with van der Waals surface area (Å²) in [7, 11) is 1.51. The van der Waals surface area contributed by atoms with Gasteiger partial charge >= 0.3 is 6.18 Å². The fourth-order valence-electron chi connectivity index (χ4n) is 5.79. The van der Waals surface area contributed by atoms with Gasteiger partial charge < -0.3 is 14.3 Å². The largest absolute Gasteiger partial charge is 0.496 e. The second-order valence-corrected chi connectivity index (χ2v) is 10.1. The lowest BCUT2D eigenvalue weighted by Crippen LogP contribution is -2.41. The van der Waals surface area contributed by atoms with Gasteiger partial charge in [0, 0.05) is 40.3 Å². The van der Waals surface area contributed by atoms with Crippen LogP contribution >= 0.6 is 0 Å². The Kier molecular flexibility index (Phi) is 7.83. The Morgan fingerprint density at radius 1 is 1.19 bits per heavy atom. The number of rotatable bonds is 8. The summed E-state index contributed by atoms with van der Waals surface area (Å²) >= 11 is 0. The summed E-state index contributed by atoms with van der Waals surface area (Å²) in [4.78, 5) is 30.3. The highest BCUT2D eigenvalue weighted by atomic mass is 19.4. The number of ketones is 1. The number of hydrogen-bond acceptors (Lipinski definition) is 4. The van der Waals surface area contributed by atoms with E-state index in [9.17, 15) is 22.8 Å². The first-order valence-corrected chi connectivity index (χ1v) is 12.7. The van der Waals surface area contributed by atoms with Crippen molar-refractivity contribution in [1.82, 2.24) is 14.5 Å². The van der Waals surface area contributed by atoms with E-state index in [0.29, 0.717) is 48.5 Å². The van der Waals surface area contributed by atoms with E-state index in [1.54, 1.807) is 13.0 Å². The summed E-state index contributed by atoms with van der Waals surface area (Å²) < 4.78 is 46.0. The number of halogens is 3. The molecule has 37 heavy (non-hydrogen) atoms. The van der Waals surface area contributed by atoms with E-state index in [4.69, 9.17) is 4.74 Å². The number of nitrogens with zero attached hydrogens (tertiary/aromatic N) is 2. The molecule has 3 aromatic rings. The maximum atomic E-state index is 13.5. The first-order chi connectivity index (χ1) is 17.5. The minimum Gasteiger partial charge on any atom is -0.496 e. The zero-order chi connectivity index (χ0) is 26.9. The molecule has 0 spiro atoms. The Labute approximate surface area is 214 Å². The first kappa shape index (κ1) is 27.0. The lowest BCUT2D eigenvalue weighted by atomic mass is 9.90. The number of fused-ring (bicyclic) bond motifs is 1. The van der Waals surface area contributed by atoms with Gasteiger partial charge in [0.15, 0.2) is 5.78 Å². The molecule has 4 rings (SSSR count). The summed E-state index contributed by atoms with van der Waals surface area (Å²) in [5, 5.41) is 0.858. The number of piperidine rings is 1. The van der Waals surface area contributed by atoms with Crippen LogP contribution in [0.4, 0.5) is 13.2 Å². The SMILES string of the molecule is COc1cc(C)[nH]c(=O)c1CCC(=O)c1c(C)n([C@H](C)C2CCN(CC(F)(F)F)CC2)c2ccccc12. The smallest absolute Gasteiger partial charge is 0.401 e. The Balaban J connectivity index is 1.58. The number of benzene rings is 1. The summed E-state index contributed by atoms with van der Waals surface area (Å²) in [6, 6.07) is 9.53. The summed E-state index contributed by atoms with van der Waals surface area (Å²) in [5.74, 6) is 0.623.